The number of nitrogens with one attached hydrogen (secondary N) is 1. The van der Waals surface area contributed by atoms with Crippen LogP contribution in [0, 0.1) is 0 Å². The molecule has 0 aromatic carbocycles. The van der Waals surface area contributed by atoms with Crippen LogP contribution in [0.15, 0.2) is 6.33 Å². The summed E-state index contributed by atoms with van der Waals surface area (Å²) in [5.41, 5.74) is 6.85. The minimum absolute atomic E-state index is 0.0797. The van der Waals surface area contributed by atoms with Gasteiger partial charge in [0.2, 0.25) is 5.95 Å². The number of carbonyl (C=O) groups excluding carboxylic acids is 1. The number of anilines is 2. The molecule has 13 nitrogen and oxygen atoms in total. The van der Waals surface area contributed by atoms with Crippen molar-refractivity contribution < 1.29 is 28.5 Å². The van der Waals surface area contributed by atoms with Crippen LogP contribution in [0.4, 0.5) is 11.8 Å². The maximum Gasteiger partial charge on any atom is 0.323 e. The Kier molecular flexibility index (Phi) is 9.56. The Morgan fingerprint density at radius 1 is 1.30 bits per heavy atom. The minimum atomic E-state index is -2.79. The van der Waals surface area contributed by atoms with E-state index in [2.05, 4.69) is 20.0 Å². The number of aliphatic hydroxyl groups is 1. The summed E-state index contributed by atoms with van der Waals surface area (Å²) in [4.78, 5) is 26.5. The van der Waals surface area contributed by atoms with Crippen molar-refractivity contribution in [3.63, 3.8) is 0 Å². The second-order valence-corrected chi connectivity index (χ2v) is 9.23. The maximum absolute atomic E-state index is 12.3. The lowest BCUT2D eigenvalue weighted by Crippen LogP contribution is -2.38. The first-order valence-electron chi connectivity index (χ1n) is 10.5. The molecule has 0 bridgehead atoms. The third kappa shape index (κ3) is 6.84. The molecule has 186 valence electrons. The Morgan fingerprint density at radius 2 is 1.97 bits per heavy atom. The third-order valence-electron chi connectivity index (χ3n) is 4.88. The molecule has 0 aliphatic carbocycles. The van der Waals surface area contributed by atoms with E-state index in [0.29, 0.717) is 17.0 Å². The number of ether oxygens (including phenoxy) is 2. The van der Waals surface area contributed by atoms with Crippen molar-refractivity contribution in [3.05, 3.63) is 6.33 Å². The highest BCUT2D eigenvalue weighted by Gasteiger charge is 2.29. The first-order valence-corrected chi connectivity index (χ1v) is 11.8. The Balaban J connectivity index is 2.07. The molecule has 0 amide bonds. The van der Waals surface area contributed by atoms with E-state index in [1.165, 1.54) is 14.0 Å². The zero-order chi connectivity index (χ0) is 24.9. The van der Waals surface area contributed by atoms with Crippen molar-refractivity contribution in [2.75, 3.05) is 38.4 Å². The molecule has 2 rings (SSSR count). The second kappa shape index (κ2) is 11.7. The van der Waals surface area contributed by atoms with Crippen LogP contribution in [0.25, 0.3) is 11.2 Å². The van der Waals surface area contributed by atoms with Crippen molar-refractivity contribution in [2.45, 2.75) is 58.1 Å². The molecule has 0 saturated heterocycles. The lowest BCUT2D eigenvalue weighted by atomic mass is 10.1. The number of aliphatic hydroxyl groups excluding tert-OH is 1. The van der Waals surface area contributed by atoms with E-state index < -0.39 is 38.4 Å². The number of imidazole rings is 1. The van der Waals surface area contributed by atoms with Crippen LogP contribution >= 0.6 is 8.18 Å². The molecule has 33 heavy (non-hydrogen) atoms. The lowest BCUT2D eigenvalue weighted by molar-refractivity contribution is -0.149. The van der Waals surface area contributed by atoms with Gasteiger partial charge in [-0.15, -0.1) is 0 Å². The van der Waals surface area contributed by atoms with Gasteiger partial charge in [-0.1, -0.05) is 0 Å². The highest BCUT2D eigenvalue weighted by molar-refractivity contribution is 7.36. The monoisotopic (exact) mass is 487 g/mol. The fourth-order valence-corrected chi connectivity index (χ4v) is 3.95. The number of hydrogen-bond donors (Lipinski definition) is 3. The second-order valence-electron chi connectivity index (χ2n) is 8.08. The molecule has 2 unspecified atom stereocenters. The predicted octanol–water partition coefficient (Wildman–Crippen LogP) is 0.747. The highest BCUT2D eigenvalue weighted by atomic mass is 31.1. The van der Waals surface area contributed by atoms with E-state index in [1.807, 2.05) is 14.1 Å². The van der Waals surface area contributed by atoms with E-state index >= 15 is 0 Å². The number of nitrogens with two attached hydrogens (primary N) is 1. The largest absolute Gasteiger partial charge is 0.462 e. The average molecular weight is 487 g/mol. The number of fused-ring (bicyclic) bond motifs is 1. The predicted molar refractivity (Wildman–Crippen MR) is 124 cm³/mol. The number of carbonyl (C=O) groups is 1. The van der Waals surface area contributed by atoms with Gasteiger partial charge in [-0.3, -0.25) is 9.36 Å². The quantitative estimate of drug-likeness (QED) is 0.284. The minimum Gasteiger partial charge on any atom is -0.462 e. The Bertz CT molecular complexity index is 969. The van der Waals surface area contributed by atoms with Crippen molar-refractivity contribution in [3.8, 4) is 0 Å². The molecule has 5 atom stereocenters. The van der Waals surface area contributed by atoms with E-state index in [1.54, 1.807) is 36.6 Å². The van der Waals surface area contributed by atoms with Crippen LogP contribution in [0.5, 0.6) is 0 Å². The van der Waals surface area contributed by atoms with Crippen LogP contribution in [0.2, 0.25) is 0 Å². The van der Waals surface area contributed by atoms with Gasteiger partial charge in [0.25, 0.3) is 8.18 Å². The molecule has 0 aliphatic rings. The maximum atomic E-state index is 12.3. The van der Waals surface area contributed by atoms with Crippen LogP contribution in [-0.4, -0.2) is 82.8 Å². The molecular weight excluding hydrogens is 453 g/mol. The van der Waals surface area contributed by atoms with Gasteiger partial charge >= 0.3 is 5.97 Å². The summed E-state index contributed by atoms with van der Waals surface area (Å²) >= 11 is 0. The first-order chi connectivity index (χ1) is 15.5. The summed E-state index contributed by atoms with van der Waals surface area (Å²) in [5.74, 6) is 0.102. The number of nitrogen functional groups attached to an aromatic ring is 1. The van der Waals surface area contributed by atoms with Gasteiger partial charge in [0.1, 0.15) is 18.2 Å². The van der Waals surface area contributed by atoms with E-state index in [0.717, 1.165) is 0 Å². The molecule has 2 heterocycles. The number of methoxy groups -OCH3 is 1. The molecule has 0 spiro atoms. The van der Waals surface area contributed by atoms with E-state index in [4.69, 9.17) is 19.7 Å². The van der Waals surface area contributed by atoms with Crippen molar-refractivity contribution in [2.24, 2.45) is 0 Å². The fourth-order valence-electron chi connectivity index (χ4n) is 3.08. The Morgan fingerprint density at radius 3 is 2.55 bits per heavy atom. The van der Waals surface area contributed by atoms with Crippen LogP contribution in [0.1, 0.15) is 33.7 Å². The van der Waals surface area contributed by atoms with Crippen molar-refractivity contribution >= 4 is 37.1 Å². The standard InChI is InChI=1S/C19H34N7O6P/c1-10(2)32-18(28)11(3)24-33(29)31-8-13(30-7)15(27)12(4)26-9-21-14-16(25(5)6)22-19(20)23-17(14)26/h9-13,15,27,33H,8H2,1-7H3,(H,24,29)(H2,20,22,23)/t11-,12-,13?,15-/m0/s1. The number of rotatable bonds is 12. The molecule has 0 radical (unpaired) electrons. The van der Waals surface area contributed by atoms with Crippen molar-refractivity contribution in [1.29, 1.82) is 0 Å². The Labute approximate surface area is 193 Å². The smallest absolute Gasteiger partial charge is 0.323 e. The summed E-state index contributed by atoms with van der Waals surface area (Å²) < 4.78 is 29.7. The summed E-state index contributed by atoms with van der Waals surface area (Å²) in [5, 5.41) is 13.5. The van der Waals surface area contributed by atoms with Gasteiger partial charge in [-0.2, -0.15) is 9.97 Å². The molecule has 14 heteroatoms. The molecular formula is C19H34N7O6P. The van der Waals surface area contributed by atoms with Crippen molar-refractivity contribution in [1.82, 2.24) is 24.6 Å². The number of aromatic nitrogens is 4. The summed E-state index contributed by atoms with van der Waals surface area (Å²) in [6.07, 6.45) is -0.629. The molecule has 0 aliphatic heterocycles. The normalized spacial score (nSPS) is 16.4. The fraction of sp³-hybridized carbons (Fsp3) is 0.684. The van der Waals surface area contributed by atoms with Gasteiger partial charge < -0.3 is 34.3 Å². The molecule has 4 N–H and O–H groups in total. The number of hydrogen-bond acceptors (Lipinski definition) is 11. The van der Waals surface area contributed by atoms with E-state index in [-0.39, 0.29) is 18.7 Å². The van der Waals surface area contributed by atoms with Crippen LogP contribution in [0.3, 0.4) is 0 Å². The molecule has 2 aromatic rings. The third-order valence-corrected chi connectivity index (χ3v) is 5.98. The lowest BCUT2D eigenvalue weighted by Gasteiger charge is -2.27. The van der Waals surface area contributed by atoms with Gasteiger partial charge in [-0.05, 0) is 27.7 Å². The Hall–Kier alpha value is -2.31. The highest BCUT2D eigenvalue weighted by Crippen LogP contribution is 2.27. The summed E-state index contributed by atoms with van der Waals surface area (Å²) in [6.45, 7) is 6.56. The van der Waals surface area contributed by atoms with Gasteiger partial charge in [0.05, 0.1) is 25.1 Å². The molecule has 0 saturated carbocycles. The summed E-state index contributed by atoms with van der Waals surface area (Å²) in [7, 11) is 2.25. The van der Waals surface area contributed by atoms with Gasteiger partial charge in [-0.25, -0.2) is 10.1 Å². The number of nitrogens with zero attached hydrogens (tertiary/aromatic N) is 5. The zero-order valence-electron chi connectivity index (χ0n) is 20.0. The first kappa shape index (κ1) is 26.9. The molecule has 2 aromatic heterocycles. The topological polar surface area (TPSA) is 167 Å². The molecule has 0 fully saturated rings. The number of esters is 1. The summed E-state index contributed by atoms with van der Waals surface area (Å²) in [6, 6.07) is -1.35. The van der Waals surface area contributed by atoms with E-state index in [9.17, 15) is 14.5 Å². The average Bonchev–Trinajstić information content (AvgIpc) is 3.15. The van der Waals surface area contributed by atoms with Crippen LogP contribution < -0.4 is 15.7 Å². The van der Waals surface area contributed by atoms with Gasteiger partial charge in [0.15, 0.2) is 17.0 Å². The van der Waals surface area contributed by atoms with Crippen LogP contribution in [-0.2, 0) is 23.4 Å². The zero-order valence-corrected chi connectivity index (χ0v) is 21.0. The SMILES string of the molecule is COC(CO[PH](=O)N[C@@H](C)C(=O)OC(C)C)[C@@H](O)[C@H](C)n1cnc2c(N(C)C)nc(N)nc21. The van der Waals surface area contributed by atoms with Gasteiger partial charge in [0, 0.05) is 21.2 Å².